The van der Waals surface area contributed by atoms with Crippen LogP contribution in [0, 0.1) is 0 Å². The van der Waals surface area contributed by atoms with Crippen molar-refractivity contribution < 1.29 is 4.79 Å². The zero-order valence-corrected chi connectivity index (χ0v) is 12.1. The molecule has 0 atom stereocenters. The second-order valence-electron chi connectivity index (χ2n) is 6.36. The lowest BCUT2D eigenvalue weighted by molar-refractivity contribution is 0.0957. The molecular weight excluding hydrogens is 262 g/mol. The van der Waals surface area contributed by atoms with Crippen LogP contribution >= 0.6 is 0 Å². The standard InChI is InChI=1S/C17H21N3O/c18-11-6-4-10(5-7-11)16-12-8-9-19-17(21)13-2-1-3-14(20-16)15(12)13/h1-3,10-11,20H,4-9,18H2,(H,19,21)/t10-,11+. The van der Waals surface area contributed by atoms with E-state index in [0.29, 0.717) is 12.0 Å². The zero-order chi connectivity index (χ0) is 14.4. The van der Waals surface area contributed by atoms with Crippen molar-refractivity contribution in [1.29, 1.82) is 0 Å². The van der Waals surface area contributed by atoms with E-state index < -0.39 is 0 Å². The maximum Gasteiger partial charge on any atom is 0.251 e. The topological polar surface area (TPSA) is 70.9 Å². The van der Waals surface area contributed by atoms with Gasteiger partial charge in [-0.1, -0.05) is 6.07 Å². The number of benzene rings is 1. The first-order valence-corrected chi connectivity index (χ1v) is 7.91. The normalized spacial score (nSPS) is 25.7. The molecular formula is C17H21N3O. The first-order chi connectivity index (χ1) is 10.2. The van der Waals surface area contributed by atoms with Gasteiger partial charge in [0.15, 0.2) is 0 Å². The van der Waals surface area contributed by atoms with Crippen molar-refractivity contribution in [3.8, 4) is 0 Å². The van der Waals surface area contributed by atoms with Crippen LogP contribution in [0.1, 0.15) is 53.2 Å². The molecule has 4 rings (SSSR count). The molecule has 0 radical (unpaired) electrons. The van der Waals surface area contributed by atoms with Crippen LogP contribution in [-0.2, 0) is 6.42 Å². The van der Waals surface area contributed by atoms with E-state index in [-0.39, 0.29) is 5.91 Å². The van der Waals surface area contributed by atoms with Crippen LogP contribution in [0.15, 0.2) is 18.2 Å². The highest BCUT2D eigenvalue weighted by atomic mass is 16.1. The van der Waals surface area contributed by atoms with Crippen LogP contribution in [0.5, 0.6) is 0 Å². The number of rotatable bonds is 1. The maximum atomic E-state index is 12.2. The van der Waals surface area contributed by atoms with E-state index in [1.807, 2.05) is 12.1 Å². The molecule has 0 unspecified atom stereocenters. The molecule has 1 aliphatic carbocycles. The van der Waals surface area contributed by atoms with Crippen molar-refractivity contribution in [1.82, 2.24) is 10.3 Å². The van der Waals surface area contributed by atoms with Crippen molar-refractivity contribution in [3.63, 3.8) is 0 Å². The van der Waals surface area contributed by atoms with Gasteiger partial charge in [0.05, 0.1) is 0 Å². The van der Waals surface area contributed by atoms with Crippen LogP contribution in [0.25, 0.3) is 10.9 Å². The van der Waals surface area contributed by atoms with E-state index in [4.69, 9.17) is 5.73 Å². The largest absolute Gasteiger partial charge is 0.358 e. The highest BCUT2D eigenvalue weighted by Crippen LogP contribution is 2.38. The predicted octanol–water partition coefficient (Wildman–Crippen LogP) is 2.44. The van der Waals surface area contributed by atoms with Gasteiger partial charge in [0, 0.05) is 34.7 Å². The van der Waals surface area contributed by atoms with Crippen LogP contribution in [-0.4, -0.2) is 23.5 Å². The summed E-state index contributed by atoms with van der Waals surface area (Å²) in [6.07, 6.45) is 5.42. The van der Waals surface area contributed by atoms with E-state index in [1.165, 1.54) is 11.3 Å². The molecule has 1 fully saturated rings. The summed E-state index contributed by atoms with van der Waals surface area (Å²) in [6, 6.07) is 6.34. The molecule has 1 aromatic carbocycles. The quantitative estimate of drug-likeness (QED) is 0.752. The van der Waals surface area contributed by atoms with Crippen LogP contribution in [0.3, 0.4) is 0 Å². The second kappa shape index (κ2) is 4.88. The number of hydrogen-bond donors (Lipinski definition) is 3. The number of nitrogens with one attached hydrogen (secondary N) is 2. The van der Waals surface area contributed by atoms with E-state index >= 15 is 0 Å². The highest BCUT2D eigenvalue weighted by Gasteiger charge is 2.27. The Labute approximate surface area is 124 Å². The van der Waals surface area contributed by atoms with Crippen molar-refractivity contribution >= 4 is 16.8 Å². The number of amides is 1. The van der Waals surface area contributed by atoms with Gasteiger partial charge in [0.2, 0.25) is 0 Å². The lowest BCUT2D eigenvalue weighted by atomic mass is 9.82. The fraction of sp³-hybridized carbons (Fsp3) is 0.471. The lowest BCUT2D eigenvalue weighted by Crippen LogP contribution is -2.26. The van der Waals surface area contributed by atoms with Gasteiger partial charge in [-0.25, -0.2) is 0 Å². The summed E-state index contributed by atoms with van der Waals surface area (Å²) in [5.41, 5.74) is 10.6. The first-order valence-electron chi connectivity index (χ1n) is 7.91. The Kier molecular flexibility index (Phi) is 3.00. The molecule has 1 aromatic heterocycles. The summed E-state index contributed by atoms with van der Waals surface area (Å²) in [7, 11) is 0. The minimum atomic E-state index is 0.0515. The summed E-state index contributed by atoms with van der Waals surface area (Å²) >= 11 is 0. The summed E-state index contributed by atoms with van der Waals surface area (Å²) < 4.78 is 0. The van der Waals surface area contributed by atoms with Gasteiger partial charge in [-0.05, 0) is 55.7 Å². The Bertz CT molecular complexity index is 695. The van der Waals surface area contributed by atoms with Gasteiger partial charge in [-0.15, -0.1) is 0 Å². The minimum absolute atomic E-state index is 0.0515. The van der Waals surface area contributed by atoms with E-state index in [9.17, 15) is 4.79 Å². The molecule has 4 N–H and O–H groups in total. The molecule has 2 aromatic rings. The Morgan fingerprint density at radius 3 is 2.76 bits per heavy atom. The Morgan fingerprint density at radius 1 is 1.14 bits per heavy atom. The SMILES string of the molecule is N[C@H]1CC[C@@H](c2[nH]c3cccc4c3c2CCNC4=O)CC1. The third-order valence-corrected chi connectivity index (χ3v) is 5.05. The molecule has 1 saturated carbocycles. The summed E-state index contributed by atoms with van der Waals surface area (Å²) in [5, 5.41) is 4.14. The molecule has 21 heavy (non-hydrogen) atoms. The van der Waals surface area contributed by atoms with Gasteiger partial charge in [-0.2, -0.15) is 0 Å². The average molecular weight is 283 g/mol. The van der Waals surface area contributed by atoms with Crippen molar-refractivity contribution in [3.05, 3.63) is 35.0 Å². The van der Waals surface area contributed by atoms with Gasteiger partial charge in [-0.3, -0.25) is 4.79 Å². The molecule has 2 aliphatic rings. The Balaban J connectivity index is 1.85. The lowest BCUT2D eigenvalue weighted by Gasteiger charge is -2.26. The number of H-pyrrole nitrogens is 1. The summed E-state index contributed by atoms with van der Waals surface area (Å²) in [6.45, 7) is 0.722. The molecule has 2 heterocycles. The van der Waals surface area contributed by atoms with Gasteiger partial charge < -0.3 is 16.0 Å². The predicted molar refractivity (Wildman–Crippen MR) is 83.5 cm³/mol. The van der Waals surface area contributed by atoms with Crippen molar-refractivity contribution in [2.24, 2.45) is 5.73 Å². The Morgan fingerprint density at radius 2 is 1.95 bits per heavy atom. The fourth-order valence-corrected chi connectivity index (χ4v) is 3.94. The number of aromatic nitrogens is 1. The Hall–Kier alpha value is -1.81. The summed E-state index contributed by atoms with van der Waals surface area (Å²) in [4.78, 5) is 15.8. The first kappa shape index (κ1) is 12.9. The van der Waals surface area contributed by atoms with E-state index in [0.717, 1.165) is 55.1 Å². The molecule has 4 heteroatoms. The molecule has 0 spiro atoms. The van der Waals surface area contributed by atoms with E-state index in [1.54, 1.807) is 0 Å². The third-order valence-electron chi connectivity index (χ3n) is 5.05. The smallest absolute Gasteiger partial charge is 0.251 e. The summed E-state index contributed by atoms with van der Waals surface area (Å²) in [5.74, 6) is 0.615. The highest BCUT2D eigenvalue weighted by molar-refractivity contribution is 6.08. The molecule has 4 nitrogen and oxygen atoms in total. The molecule has 0 saturated heterocycles. The number of hydrogen-bond acceptors (Lipinski definition) is 2. The average Bonchev–Trinajstić information content (AvgIpc) is 2.77. The van der Waals surface area contributed by atoms with Crippen molar-refractivity contribution in [2.75, 3.05) is 6.54 Å². The maximum absolute atomic E-state index is 12.2. The van der Waals surface area contributed by atoms with Crippen molar-refractivity contribution in [2.45, 2.75) is 44.1 Å². The third kappa shape index (κ3) is 2.05. The molecule has 110 valence electrons. The minimum Gasteiger partial charge on any atom is -0.358 e. The number of aromatic amines is 1. The van der Waals surface area contributed by atoms with E-state index in [2.05, 4.69) is 16.4 Å². The van der Waals surface area contributed by atoms with Crippen LogP contribution in [0.2, 0.25) is 0 Å². The number of carbonyl (C=O) groups is 1. The zero-order valence-electron chi connectivity index (χ0n) is 12.1. The van der Waals surface area contributed by atoms with Crippen LogP contribution in [0.4, 0.5) is 0 Å². The second-order valence-corrected chi connectivity index (χ2v) is 6.36. The van der Waals surface area contributed by atoms with Crippen LogP contribution < -0.4 is 11.1 Å². The number of nitrogens with two attached hydrogens (primary N) is 1. The molecule has 0 bridgehead atoms. The van der Waals surface area contributed by atoms with Gasteiger partial charge in [0.1, 0.15) is 0 Å². The molecule has 1 aliphatic heterocycles. The molecule has 1 amide bonds. The van der Waals surface area contributed by atoms with Gasteiger partial charge >= 0.3 is 0 Å². The number of carbonyl (C=O) groups excluding carboxylic acids is 1. The monoisotopic (exact) mass is 283 g/mol. The van der Waals surface area contributed by atoms with Gasteiger partial charge in [0.25, 0.3) is 5.91 Å². The fourth-order valence-electron chi connectivity index (χ4n) is 3.94.